The first kappa shape index (κ1) is 23.8. The van der Waals surface area contributed by atoms with Gasteiger partial charge < -0.3 is 4.74 Å². The van der Waals surface area contributed by atoms with Crippen molar-refractivity contribution in [3.63, 3.8) is 0 Å². The second-order valence-electron chi connectivity index (χ2n) is 6.15. The fraction of sp³-hybridized carbons (Fsp3) is 0.400. The van der Waals surface area contributed by atoms with E-state index < -0.39 is 11.7 Å². The number of aromatic nitrogens is 3. The highest BCUT2D eigenvalue weighted by Crippen LogP contribution is 2.25. The van der Waals surface area contributed by atoms with Gasteiger partial charge >= 0.3 is 6.18 Å². The van der Waals surface area contributed by atoms with Gasteiger partial charge in [-0.25, -0.2) is 9.67 Å². The lowest BCUT2D eigenvalue weighted by Crippen LogP contribution is -2.10. The molecule has 0 radical (unpaired) electrons. The maximum absolute atomic E-state index is 12.6. The van der Waals surface area contributed by atoms with Crippen molar-refractivity contribution in [2.24, 2.45) is 0 Å². The van der Waals surface area contributed by atoms with E-state index in [-0.39, 0.29) is 18.4 Å². The first-order valence-electron chi connectivity index (χ1n) is 8.71. The molecule has 0 spiro atoms. The molecule has 154 valence electrons. The van der Waals surface area contributed by atoms with Crippen LogP contribution in [-0.2, 0) is 12.3 Å². The zero-order valence-corrected chi connectivity index (χ0v) is 17.2. The Labute approximate surface area is 168 Å². The van der Waals surface area contributed by atoms with Gasteiger partial charge in [-0.2, -0.15) is 13.2 Å². The van der Waals surface area contributed by atoms with Crippen molar-refractivity contribution >= 4 is 11.6 Å². The van der Waals surface area contributed by atoms with Gasteiger partial charge in [-0.3, -0.25) is 0 Å². The lowest BCUT2D eigenvalue weighted by atomic mass is 10.2. The van der Waals surface area contributed by atoms with Gasteiger partial charge in [0.1, 0.15) is 11.6 Å². The van der Waals surface area contributed by atoms with Gasteiger partial charge in [-0.05, 0) is 52.0 Å². The minimum absolute atomic E-state index is 0.000518. The second kappa shape index (κ2) is 10.9. The number of rotatable bonds is 6. The summed E-state index contributed by atoms with van der Waals surface area (Å²) in [7, 11) is 0. The predicted octanol–water partition coefficient (Wildman–Crippen LogP) is 6.04. The minimum atomic E-state index is -4.35. The van der Waals surface area contributed by atoms with Crippen LogP contribution in [0, 0.1) is 0 Å². The summed E-state index contributed by atoms with van der Waals surface area (Å²) < 4.78 is 45.0. The molecule has 0 unspecified atom stereocenters. The van der Waals surface area contributed by atoms with E-state index in [0.717, 1.165) is 13.0 Å². The van der Waals surface area contributed by atoms with E-state index >= 15 is 0 Å². The Hall–Kier alpha value is -2.28. The van der Waals surface area contributed by atoms with Crippen molar-refractivity contribution in [3.8, 4) is 11.4 Å². The van der Waals surface area contributed by atoms with Gasteiger partial charge in [-0.15, -0.1) is 23.3 Å². The van der Waals surface area contributed by atoms with E-state index in [2.05, 4.69) is 16.7 Å². The number of allylic oxidation sites excluding steroid dienone is 3. The smallest absolute Gasteiger partial charge is 0.412 e. The topological polar surface area (TPSA) is 39.9 Å². The fourth-order valence-corrected chi connectivity index (χ4v) is 2.20. The number of hydrogen-bond donors (Lipinski definition) is 0. The normalized spacial score (nSPS) is 11.8. The molecule has 0 aliphatic heterocycles. The van der Waals surface area contributed by atoms with E-state index in [4.69, 9.17) is 16.3 Å². The van der Waals surface area contributed by atoms with E-state index in [1.54, 1.807) is 30.3 Å². The lowest BCUT2D eigenvalue weighted by molar-refractivity contribution is -0.0915. The molecule has 4 nitrogen and oxygen atoms in total. The van der Waals surface area contributed by atoms with Gasteiger partial charge in [0.05, 0.1) is 17.7 Å². The molecule has 0 aliphatic rings. The third-order valence-corrected chi connectivity index (χ3v) is 3.57. The summed E-state index contributed by atoms with van der Waals surface area (Å²) in [5.41, 5.74) is 0.00295. The summed E-state index contributed by atoms with van der Waals surface area (Å²) in [4.78, 5) is 4.21. The molecule has 0 aliphatic carbocycles. The maximum atomic E-state index is 12.6. The van der Waals surface area contributed by atoms with Gasteiger partial charge in [0, 0.05) is 12.0 Å². The molecular formula is C20H25ClF3N3O. The molecule has 0 saturated carbocycles. The molecule has 0 amide bonds. The van der Waals surface area contributed by atoms with Crippen LogP contribution in [0.5, 0.6) is 5.75 Å². The summed E-state index contributed by atoms with van der Waals surface area (Å²) in [5, 5.41) is 4.25. The summed E-state index contributed by atoms with van der Waals surface area (Å²) in [5.74, 6) is 1.52. The third kappa shape index (κ3) is 7.38. The number of nitrogens with zero attached hydrogens (tertiary/aromatic N) is 3. The molecule has 2 aromatic rings. The molecule has 1 aromatic carbocycles. The van der Waals surface area contributed by atoms with Crippen molar-refractivity contribution in [1.29, 1.82) is 0 Å². The van der Waals surface area contributed by atoms with E-state index in [1.165, 1.54) is 4.68 Å². The molecule has 1 heterocycles. The molecule has 8 heteroatoms. The van der Waals surface area contributed by atoms with Gasteiger partial charge in [0.25, 0.3) is 0 Å². The van der Waals surface area contributed by atoms with Crippen molar-refractivity contribution in [1.82, 2.24) is 14.8 Å². The Morgan fingerprint density at radius 2 is 1.86 bits per heavy atom. The Morgan fingerprint density at radius 3 is 2.32 bits per heavy atom. The summed E-state index contributed by atoms with van der Waals surface area (Å²) in [6, 6.07) is 7.10. The average Bonchev–Trinajstić information content (AvgIpc) is 3.03. The molecule has 0 fully saturated rings. The fourth-order valence-electron chi connectivity index (χ4n) is 2.09. The third-order valence-electron chi connectivity index (χ3n) is 3.33. The first-order valence-corrected chi connectivity index (χ1v) is 9.24. The molecular weight excluding hydrogens is 391 g/mol. The van der Waals surface area contributed by atoms with Gasteiger partial charge in [0.15, 0.2) is 5.82 Å². The highest BCUT2D eigenvalue weighted by molar-refractivity contribution is 6.16. The second-order valence-corrected chi connectivity index (χ2v) is 6.41. The largest absolute Gasteiger partial charge is 0.491 e. The molecule has 0 N–H and O–H groups in total. The molecule has 2 rings (SSSR count). The Morgan fingerprint density at radius 1 is 1.29 bits per heavy atom. The standard InChI is InChI=1S/C17H19ClF3N3O.C3H6/c1-11(2)25-14-7-5-13(6-8-14)24-16(22-15(10-18)23-24)9-4-12(3)17(19,20)21;1-3-2/h4-8,11H,9-10H2,1-3H3;3H,1H2,2H3/b12-4+;. The molecule has 28 heavy (non-hydrogen) atoms. The molecule has 0 atom stereocenters. The maximum Gasteiger partial charge on any atom is 0.412 e. The van der Waals surface area contributed by atoms with Crippen LogP contribution < -0.4 is 4.74 Å². The Kier molecular flexibility index (Phi) is 9.25. The minimum Gasteiger partial charge on any atom is -0.491 e. The van der Waals surface area contributed by atoms with Crippen molar-refractivity contribution < 1.29 is 17.9 Å². The van der Waals surface area contributed by atoms with Crippen molar-refractivity contribution in [3.05, 3.63) is 60.2 Å². The number of hydrogen-bond acceptors (Lipinski definition) is 3. The highest BCUT2D eigenvalue weighted by Gasteiger charge is 2.29. The van der Waals surface area contributed by atoms with Crippen LogP contribution in [0.4, 0.5) is 13.2 Å². The Bertz CT molecular complexity index is 781. The molecule has 0 bridgehead atoms. The van der Waals surface area contributed by atoms with Crippen LogP contribution in [0.3, 0.4) is 0 Å². The highest BCUT2D eigenvalue weighted by atomic mass is 35.5. The number of alkyl halides is 4. The summed E-state index contributed by atoms with van der Waals surface area (Å²) in [6.45, 7) is 10.1. The quantitative estimate of drug-likeness (QED) is 0.426. The lowest BCUT2D eigenvalue weighted by Gasteiger charge is -2.11. The number of halogens is 4. The van der Waals surface area contributed by atoms with Crippen LogP contribution in [0.25, 0.3) is 5.69 Å². The molecule has 1 aromatic heterocycles. The van der Waals surface area contributed by atoms with Crippen LogP contribution in [0.15, 0.2) is 48.6 Å². The SMILES string of the molecule is C/C(=C\Cc1nc(CCl)nn1-c1ccc(OC(C)C)cc1)C(F)(F)F.C=CC. The van der Waals surface area contributed by atoms with Gasteiger partial charge in [0.2, 0.25) is 0 Å². The summed E-state index contributed by atoms with van der Waals surface area (Å²) in [6.07, 6.45) is -1.46. The zero-order chi connectivity index (χ0) is 21.3. The van der Waals surface area contributed by atoms with Crippen LogP contribution in [-0.4, -0.2) is 27.0 Å². The van der Waals surface area contributed by atoms with Crippen LogP contribution in [0.2, 0.25) is 0 Å². The first-order chi connectivity index (χ1) is 13.1. The summed E-state index contributed by atoms with van der Waals surface area (Å²) >= 11 is 5.76. The predicted molar refractivity (Wildman–Crippen MR) is 106 cm³/mol. The van der Waals surface area contributed by atoms with E-state index in [9.17, 15) is 13.2 Å². The zero-order valence-electron chi connectivity index (χ0n) is 16.4. The average molecular weight is 416 g/mol. The van der Waals surface area contributed by atoms with Crippen molar-refractivity contribution in [2.45, 2.75) is 52.3 Å². The molecule has 0 saturated heterocycles. The number of benzene rings is 1. The van der Waals surface area contributed by atoms with E-state index in [1.807, 2.05) is 20.8 Å². The van der Waals surface area contributed by atoms with E-state index in [0.29, 0.717) is 23.1 Å². The van der Waals surface area contributed by atoms with Crippen LogP contribution >= 0.6 is 11.6 Å². The van der Waals surface area contributed by atoms with Gasteiger partial charge in [-0.1, -0.05) is 12.2 Å². The Balaban J connectivity index is 0.00000122. The number of ether oxygens (including phenoxy) is 1. The van der Waals surface area contributed by atoms with Crippen LogP contribution in [0.1, 0.15) is 39.3 Å². The van der Waals surface area contributed by atoms with Crippen molar-refractivity contribution in [2.75, 3.05) is 0 Å². The monoisotopic (exact) mass is 415 g/mol.